The molecule has 0 radical (unpaired) electrons. The number of benzene rings is 1. The van der Waals surface area contributed by atoms with Gasteiger partial charge in [-0.3, -0.25) is 9.89 Å². The molecule has 1 aliphatic heterocycles. The predicted octanol–water partition coefficient (Wildman–Crippen LogP) is 2.66. The van der Waals surface area contributed by atoms with E-state index in [0.717, 1.165) is 43.8 Å². The molecule has 2 N–H and O–H groups in total. The lowest BCUT2D eigenvalue weighted by molar-refractivity contribution is 0.0170. The Morgan fingerprint density at radius 3 is 2.75 bits per heavy atom. The Balaban J connectivity index is 0.00000208. The number of nitrogens with zero attached hydrogens (tertiary/aromatic N) is 2. The van der Waals surface area contributed by atoms with Crippen molar-refractivity contribution in [3.05, 3.63) is 34.9 Å². The minimum atomic E-state index is 0. The first kappa shape index (κ1) is 19.8. The van der Waals surface area contributed by atoms with E-state index in [0.29, 0.717) is 6.04 Å². The van der Waals surface area contributed by atoms with Crippen molar-refractivity contribution < 1.29 is 4.74 Å². The average Bonchev–Trinajstić information content (AvgIpc) is 3.39. The molecule has 134 valence electrons. The molecule has 1 aromatic rings. The van der Waals surface area contributed by atoms with Gasteiger partial charge in [-0.15, -0.1) is 24.0 Å². The van der Waals surface area contributed by atoms with Crippen LogP contribution in [0.3, 0.4) is 0 Å². The van der Waals surface area contributed by atoms with Gasteiger partial charge in [0.1, 0.15) is 0 Å². The van der Waals surface area contributed by atoms with Crippen LogP contribution in [0, 0.1) is 0 Å². The molecule has 0 amide bonds. The lowest BCUT2D eigenvalue weighted by atomic mass is 10.0. The van der Waals surface area contributed by atoms with Crippen LogP contribution in [0.25, 0.3) is 0 Å². The van der Waals surface area contributed by atoms with Crippen LogP contribution in [0.15, 0.2) is 29.3 Å². The van der Waals surface area contributed by atoms with E-state index in [1.165, 1.54) is 18.4 Å². The van der Waals surface area contributed by atoms with Crippen LogP contribution in [0.5, 0.6) is 0 Å². The van der Waals surface area contributed by atoms with Gasteiger partial charge in [0.2, 0.25) is 0 Å². The minimum Gasteiger partial charge on any atom is -0.379 e. The first-order valence-electron chi connectivity index (χ1n) is 8.30. The molecule has 1 heterocycles. The molecule has 5 nitrogen and oxygen atoms in total. The Morgan fingerprint density at radius 2 is 2.12 bits per heavy atom. The van der Waals surface area contributed by atoms with Crippen LogP contribution >= 0.6 is 35.6 Å². The number of nitrogens with one attached hydrogen (secondary N) is 2. The number of halogens is 2. The van der Waals surface area contributed by atoms with Crippen molar-refractivity contribution in [2.75, 3.05) is 39.9 Å². The van der Waals surface area contributed by atoms with Crippen molar-refractivity contribution in [2.24, 2.45) is 4.99 Å². The van der Waals surface area contributed by atoms with E-state index in [4.69, 9.17) is 16.3 Å². The standard InChI is InChI=1S/C17H25ClN4O.HI/c1-19-17(21-15-5-6-15)20-12-16(22-7-9-23-10-8-22)13-3-2-4-14(18)11-13;/h2-4,11,15-16H,5-10,12H2,1H3,(H2,19,20,21);1H. The lowest BCUT2D eigenvalue weighted by Crippen LogP contribution is -2.46. The van der Waals surface area contributed by atoms with E-state index in [2.05, 4.69) is 32.7 Å². The maximum Gasteiger partial charge on any atom is 0.191 e. The molecule has 1 atom stereocenters. The summed E-state index contributed by atoms with van der Waals surface area (Å²) in [5.41, 5.74) is 1.23. The Bertz CT molecular complexity index is 547. The van der Waals surface area contributed by atoms with Gasteiger partial charge in [0.15, 0.2) is 5.96 Å². The number of hydrogen-bond donors (Lipinski definition) is 2. The van der Waals surface area contributed by atoms with E-state index in [9.17, 15) is 0 Å². The molecule has 2 aliphatic rings. The number of morpholine rings is 1. The molecule has 3 rings (SSSR count). The van der Waals surface area contributed by atoms with Gasteiger partial charge in [-0.1, -0.05) is 23.7 Å². The van der Waals surface area contributed by atoms with Crippen molar-refractivity contribution in [1.82, 2.24) is 15.5 Å². The summed E-state index contributed by atoms with van der Waals surface area (Å²) in [6.45, 7) is 4.24. The first-order valence-corrected chi connectivity index (χ1v) is 8.68. The summed E-state index contributed by atoms with van der Waals surface area (Å²) in [5, 5.41) is 7.68. The fourth-order valence-corrected chi connectivity index (χ4v) is 3.07. The lowest BCUT2D eigenvalue weighted by Gasteiger charge is -2.35. The molecule has 0 bridgehead atoms. The molecule has 1 saturated carbocycles. The van der Waals surface area contributed by atoms with Crippen molar-refractivity contribution in [2.45, 2.75) is 24.9 Å². The van der Waals surface area contributed by atoms with Gasteiger partial charge in [-0.05, 0) is 30.5 Å². The van der Waals surface area contributed by atoms with Crippen LogP contribution in [0.4, 0.5) is 0 Å². The highest BCUT2D eigenvalue weighted by molar-refractivity contribution is 14.0. The third-order valence-corrected chi connectivity index (χ3v) is 4.56. The van der Waals surface area contributed by atoms with Gasteiger partial charge in [0.25, 0.3) is 0 Å². The molecule has 1 aliphatic carbocycles. The highest BCUT2D eigenvalue weighted by Gasteiger charge is 2.25. The van der Waals surface area contributed by atoms with Gasteiger partial charge < -0.3 is 15.4 Å². The van der Waals surface area contributed by atoms with Gasteiger partial charge in [-0.2, -0.15) is 0 Å². The summed E-state index contributed by atoms with van der Waals surface area (Å²) in [5.74, 6) is 0.882. The summed E-state index contributed by atoms with van der Waals surface area (Å²) >= 11 is 6.20. The van der Waals surface area contributed by atoms with Crippen LogP contribution in [-0.2, 0) is 4.74 Å². The molecular weight excluding hydrogens is 439 g/mol. The van der Waals surface area contributed by atoms with Gasteiger partial charge in [0, 0.05) is 37.7 Å². The summed E-state index contributed by atoms with van der Waals surface area (Å²) in [7, 11) is 1.82. The number of ether oxygens (including phenoxy) is 1. The molecule has 1 unspecified atom stereocenters. The Labute approximate surface area is 166 Å². The Hall–Kier alpha value is -0.570. The number of hydrogen-bond acceptors (Lipinski definition) is 3. The number of guanidine groups is 1. The molecule has 0 spiro atoms. The highest BCUT2D eigenvalue weighted by atomic mass is 127. The number of aliphatic imine (C=N–C) groups is 1. The second kappa shape index (κ2) is 9.79. The van der Waals surface area contributed by atoms with Crippen LogP contribution in [0.1, 0.15) is 24.4 Å². The van der Waals surface area contributed by atoms with Gasteiger partial charge in [-0.25, -0.2) is 0 Å². The van der Waals surface area contributed by atoms with Gasteiger partial charge >= 0.3 is 0 Å². The fraction of sp³-hybridized carbons (Fsp3) is 0.588. The SMILES string of the molecule is CN=C(NCC(c1cccc(Cl)c1)N1CCOCC1)NC1CC1.I. The van der Waals surface area contributed by atoms with Crippen LogP contribution in [0.2, 0.25) is 5.02 Å². The average molecular weight is 465 g/mol. The Morgan fingerprint density at radius 1 is 1.38 bits per heavy atom. The van der Waals surface area contributed by atoms with Crippen LogP contribution < -0.4 is 10.6 Å². The van der Waals surface area contributed by atoms with E-state index >= 15 is 0 Å². The summed E-state index contributed by atoms with van der Waals surface area (Å²) in [6, 6.07) is 8.99. The minimum absolute atomic E-state index is 0. The maximum atomic E-state index is 6.20. The summed E-state index contributed by atoms with van der Waals surface area (Å²) in [6.07, 6.45) is 2.48. The third kappa shape index (κ3) is 5.75. The molecule has 1 aromatic carbocycles. The van der Waals surface area contributed by atoms with E-state index < -0.39 is 0 Å². The topological polar surface area (TPSA) is 48.9 Å². The van der Waals surface area contributed by atoms with E-state index in [-0.39, 0.29) is 30.0 Å². The molecule has 24 heavy (non-hydrogen) atoms. The maximum absolute atomic E-state index is 6.20. The highest BCUT2D eigenvalue weighted by Crippen LogP contribution is 2.24. The van der Waals surface area contributed by atoms with Gasteiger partial charge in [0.05, 0.1) is 19.3 Å². The second-order valence-electron chi connectivity index (χ2n) is 6.09. The smallest absolute Gasteiger partial charge is 0.191 e. The third-order valence-electron chi connectivity index (χ3n) is 4.32. The first-order chi connectivity index (χ1) is 11.3. The monoisotopic (exact) mass is 464 g/mol. The zero-order valence-corrected chi connectivity index (χ0v) is 17.1. The normalized spacial score (nSPS) is 20.2. The largest absolute Gasteiger partial charge is 0.379 e. The molecule has 2 fully saturated rings. The molecule has 0 aromatic heterocycles. The molecule has 1 saturated heterocycles. The quantitative estimate of drug-likeness (QED) is 0.400. The second-order valence-corrected chi connectivity index (χ2v) is 6.53. The Kier molecular flexibility index (Phi) is 8.06. The zero-order chi connectivity index (χ0) is 16.1. The predicted molar refractivity (Wildman–Crippen MR) is 110 cm³/mol. The van der Waals surface area contributed by atoms with Crippen molar-refractivity contribution in [3.8, 4) is 0 Å². The summed E-state index contributed by atoms with van der Waals surface area (Å²) < 4.78 is 5.49. The van der Waals surface area contributed by atoms with Crippen molar-refractivity contribution >= 4 is 41.5 Å². The van der Waals surface area contributed by atoms with E-state index in [1.807, 2.05) is 19.2 Å². The molecular formula is C17H26ClIN4O. The number of rotatable bonds is 5. The van der Waals surface area contributed by atoms with Crippen molar-refractivity contribution in [1.29, 1.82) is 0 Å². The van der Waals surface area contributed by atoms with E-state index in [1.54, 1.807) is 0 Å². The van der Waals surface area contributed by atoms with Crippen LogP contribution in [-0.4, -0.2) is 56.8 Å². The molecule has 7 heteroatoms. The summed E-state index contributed by atoms with van der Waals surface area (Å²) in [4.78, 5) is 6.77. The van der Waals surface area contributed by atoms with Crippen molar-refractivity contribution in [3.63, 3.8) is 0 Å². The fourth-order valence-electron chi connectivity index (χ4n) is 2.87. The zero-order valence-electron chi connectivity index (χ0n) is 14.0.